The maximum atomic E-state index is 13.8. The molecule has 0 spiro atoms. The summed E-state index contributed by atoms with van der Waals surface area (Å²) >= 11 is 0. The number of nitrogens with zero attached hydrogens (tertiary/aromatic N) is 1. The number of carbonyl (C=O) groups is 4. The van der Waals surface area contributed by atoms with E-state index in [1.165, 1.54) is 0 Å². The molecule has 5 rings (SSSR count). The van der Waals surface area contributed by atoms with E-state index in [0.29, 0.717) is 31.0 Å². The van der Waals surface area contributed by atoms with E-state index in [1.54, 1.807) is 18.1 Å². The molecule has 5 atom stereocenters. The molecule has 1 saturated carbocycles. The van der Waals surface area contributed by atoms with E-state index in [0.717, 1.165) is 43.0 Å². The number of rotatable bonds is 8. The summed E-state index contributed by atoms with van der Waals surface area (Å²) in [6.07, 6.45) is 5.37. The molecule has 0 bridgehead atoms. The van der Waals surface area contributed by atoms with Crippen LogP contribution < -0.4 is 15.4 Å². The van der Waals surface area contributed by atoms with Crippen LogP contribution in [0, 0.1) is 17.8 Å². The Morgan fingerprint density at radius 1 is 1.18 bits per heavy atom. The van der Waals surface area contributed by atoms with Crippen LogP contribution in [0.4, 0.5) is 0 Å². The number of aromatic amines is 1. The van der Waals surface area contributed by atoms with Crippen molar-refractivity contribution in [2.45, 2.75) is 57.0 Å². The van der Waals surface area contributed by atoms with Crippen LogP contribution in [0.2, 0.25) is 0 Å². The molecule has 0 unspecified atom stereocenters. The number of aliphatic hydroxyl groups excluding tert-OH is 1. The highest BCUT2D eigenvalue weighted by molar-refractivity contribution is 6.02. The number of ether oxygens (including phenoxy) is 1. The summed E-state index contributed by atoms with van der Waals surface area (Å²) in [5.41, 5.74) is 1.15. The first-order chi connectivity index (χ1) is 18.4. The molecule has 2 saturated heterocycles. The molecule has 4 N–H and O–H groups in total. The molecule has 1 aromatic heterocycles. The van der Waals surface area contributed by atoms with Crippen molar-refractivity contribution in [2.75, 3.05) is 26.8 Å². The molecular weight excluding hydrogens is 488 g/mol. The van der Waals surface area contributed by atoms with Gasteiger partial charge in [-0.05, 0) is 62.1 Å². The Kier molecular flexibility index (Phi) is 7.69. The summed E-state index contributed by atoms with van der Waals surface area (Å²) in [6.45, 7) is 0.343. The largest absolute Gasteiger partial charge is 0.496 e. The van der Waals surface area contributed by atoms with E-state index < -0.39 is 36.3 Å². The van der Waals surface area contributed by atoms with Crippen molar-refractivity contribution < 1.29 is 29.0 Å². The minimum Gasteiger partial charge on any atom is -0.496 e. The number of carbonyl (C=O) groups excluding carboxylic acids is 4. The number of likely N-dealkylation sites (tertiary alicyclic amines) is 1. The molecular formula is C28H36N4O6. The Balaban J connectivity index is 1.40. The van der Waals surface area contributed by atoms with Gasteiger partial charge in [0.25, 0.3) is 5.91 Å². The molecule has 3 fully saturated rings. The van der Waals surface area contributed by atoms with E-state index in [1.807, 2.05) is 18.2 Å². The molecule has 3 aliphatic rings. The number of piperidine rings is 1. The summed E-state index contributed by atoms with van der Waals surface area (Å²) in [6, 6.07) is 5.59. The molecule has 10 nitrogen and oxygen atoms in total. The van der Waals surface area contributed by atoms with Crippen LogP contribution in [0.5, 0.6) is 5.75 Å². The first-order valence-corrected chi connectivity index (χ1v) is 13.6. The number of amides is 3. The van der Waals surface area contributed by atoms with Crippen LogP contribution >= 0.6 is 0 Å². The molecule has 2 aromatic rings. The van der Waals surface area contributed by atoms with Crippen LogP contribution in [-0.2, 0) is 14.4 Å². The number of aromatic nitrogens is 1. The van der Waals surface area contributed by atoms with Crippen molar-refractivity contribution in [1.82, 2.24) is 20.5 Å². The fourth-order valence-electron chi connectivity index (χ4n) is 6.58. The van der Waals surface area contributed by atoms with E-state index in [4.69, 9.17) is 4.74 Å². The predicted octanol–water partition coefficient (Wildman–Crippen LogP) is 1.77. The Morgan fingerprint density at radius 2 is 2.00 bits per heavy atom. The number of Topliss-reactive ketones (excluding diaryl/α,β-unsaturated/α-hetero) is 1. The summed E-state index contributed by atoms with van der Waals surface area (Å²) < 4.78 is 5.44. The Labute approximate surface area is 221 Å². The number of H-pyrrole nitrogens is 1. The Bertz CT molecular complexity index is 1230. The maximum Gasteiger partial charge on any atom is 0.271 e. The van der Waals surface area contributed by atoms with E-state index >= 15 is 0 Å². The molecule has 3 amide bonds. The van der Waals surface area contributed by atoms with Crippen molar-refractivity contribution in [3.8, 4) is 5.75 Å². The van der Waals surface area contributed by atoms with Gasteiger partial charge >= 0.3 is 0 Å². The average Bonchev–Trinajstić information content (AvgIpc) is 3.55. The van der Waals surface area contributed by atoms with Gasteiger partial charge < -0.3 is 30.4 Å². The number of nitrogens with one attached hydrogen (secondary N) is 3. The van der Waals surface area contributed by atoms with Crippen molar-refractivity contribution in [1.29, 1.82) is 0 Å². The third kappa shape index (κ3) is 5.01. The van der Waals surface area contributed by atoms with Gasteiger partial charge in [-0.25, -0.2) is 0 Å². The lowest BCUT2D eigenvalue weighted by molar-refractivity contribution is -0.134. The van der Waals surface area contributed by atoms with Gasteiger partial charge in [-0.3, -0.25) is 19.2 Å². The Hall–Kier alpha value is -3.40. The maximum absolute atomic E-state index is 13.8. The summed E-state index contributed by atoms with van der Waals surface area (Å²) in [5, 5.41) is 16.0. The number of fused-ring (bicyclic) bond motifs is 2. The number of benzene rings is 1. The second-order valence-corrected chi connectivity index (χ2v) is 10.8. The number of hydrogen-bond acceptors (Lipinski definition) is 6. The number of methoxy groups -OCH3 is 1. The molecule has 10 heteroatoms. The van der Waals surface area contributed by atoms with Crippen LogP contribution in [0.15, 0.2) is 24.3 Å². The zero-order chi connectivity index (χ0) is 26.8. The first-order valence-electron chi connectivity index (χ1n) is 13.6. The van der Waals surface area contributed by atoms with E-state index in [2.05, 4.69) is 15.6 Å². The summed E-state index contributed by atoms with van der Waals surface area (Å²) in [5.74, 6) is -0.892. The lowest BCUT2D eigenvalue weighted by Gasteiger charge is -2.31. The highest BCUT2D eigenvalue weighted by Crippen LogP contribution is 2.41. The standard InChI is InChI=1S/C28H36N4O6/c1-38-24-10-4-9-20-19(24)13-22(30-20)28(37)32-14-17-6-2-3-8-18(17)25(32)27(36)31-21(23(34)15-33)12-16-7-5-11-29-26(16)35/h4,9-10,13,16-18,21,25,30,33H,2-3,5-8,11-12,14-15H2,1H3,(H,29,35)(H,31,36)/t16-,17+,18+,21-,25+/m0/s1. The predicted molar refractivity (Wildman–Crippen MR) is 139 cm³/mol. The Morgan fingerprint density at radius 3 is 2.76 bits per heavy atom. The van der Waals surface area contributed by atoms with Gasteiger partial charge in [-0.2, -0.15) is 0 Å². The normalized spacial score (nSPS) is 25.9. The summed E-state index contributed by atoms with van der Waals surface area (Å²) in [7, 11) is 1.58. The highest BCUT2D eigenvalue weighted by Gasteiger charge is 2.49. The molecule has 38 heavy (non-hydrogen) atoms. The first kappa shape index (κ1) is 26.2. The van der Waals surface area contributed by atoms with Crippen LogP contribution in [0.25, 0.3) is 10.9 Å². The lowest BCUT2D eigenvalue weighted by atomic mass is 9.78. The highest BCUT2D eigenvalue weighted by atomic mass is 16.5. The number of aliphatic hydroxyl groups is 1. The van der Waals surface area contributed by atoms with E-state index in [-0.39, 0.29) is 30.1 Å². The van der Waals surface area contributed by atoms with Crippen LogP contribution in [0.1, 0.15) is 55.4 Å². The number of ketones is 1. The molecule has 1 aromatic carbocycles. The van der Waals surface area contributed by atoms with Gasteiger partial charge in [0.15, 0.2) is 5.78 Å². The molecule has 2 aliphatic heterocycles. The molecule has 1 aliphatic carbocycles. The smallest absolute Gasteiger partial charge is 0.271 e. The second kappa shape index (κ2) is 11.1. The minimum atomic E-state index is -0.988. The van der Waals surface area contributed by atoms with E-state index in [9.17, 15) is 24.3 Å². The average molecular weight is 525 g/mol. The number of hydrogen-bond donors (Lipinski definition) is 4. The van der Waals surface area contributed by atoms with Gasteiger partial charge in [-0.1, -0.05) is 18.9 Å². The van der Waals surface area contributed by atoms with Gasteiger partial charge in [0.1, 0.15) is 24.1 Å². The third-order valence-electron chi connectivity index (χ3n) is 8.52. The van der Waals surface area contributed by atoms with Crippen LogP contribution in [-0.4, -0.2) is 77.4 Å². The van der Waals surface area contributed by atoms with Gasteiger partial charge in [0.2, 0.25) is 11.8 Å². The monoisotopic (exact) mass is 524 g/mol. The van der Waals surface area contributed by atoms with Crippen molar-refractivity contribution in [3.63, 3.8) is 0 Å². The third-order valence-corrected chi connectivity index (χ3v) is 8.52. The topological polar surface area (TPSA) is 141 Å². The van der Waals surface area contributed by atoms with Crippen LogP contribution in [0.3, 0.4) is 0 Å². The zero-order valence-corrected chi connectivity index (χ0v) is 21.7. The quantitative estimate of drug-likeness (QED) is 0.415. The molecule has 0 radical (unpaired) electrons. The van der Waals surface area contributed by atoms with Gasteiger partial charge in [0.05, 0.1) is 13.2 Å². The summed E-state index contributed by atoms with van der Waals surface area (Å²) in [4.78, 5) is 57.4. The SMILES string of the molecule is COc1cccc2[nH]c(C(=O)N3C[C@H]4CCCC[C@H]4[C@@H]3C(=O)N[C@@H](C[C@@H]3CCCNC3=O)C(=O)CO)cc12. The minimum absolute atomic E-state index is 0.00512. The zero-order valence-electron chi connectivity index (χ0n) is 21.7. The van der Waals surface area contributed by atoms with Crippen molar-refractivity contribution >= 4 is 34.4 Å². The van der Waals surface area contributed by atoms with Gasteiger partial charge in [0, 0.05) is 29.9 Å². The fourth-order valence-corrected chi connectivity index (χ4v) is 6.58. The second-order valence-electron chi connectivity index (χ2n) is 10.8. The molecule has 3 heterocycles. The van der Waals surface area contributed by atoms with Gasteiger partial charge in [-0.15, -0.1) is 0 Å². The fraction of sp³-hybridized carbons (Fsp3) is 0.571. The van der Waals surface area contributed by atoms with Crippen molar-refractivity contribution in [3.05, 3.63) is 30.0 Å². The lowest BCUT2D eigenvalue weighted by Crippen LogP contribution is -2.54. The molecule has 204 valence electrons. The van der Waals surface area contributed by atoms with Crippen molar-refractivity contribution in [2.24, 2.45) is 17.8 Å².